The van der Waals surface area contributed by atoms with E-state index in [0.29, 0.717) is 41.0 Å². The number of amides is 1. The second kappa shape index (κ2) is 11.0. The second-order valence-electron chi connectivity index (χ2n) is 11.7. The van der Waals surface area contributed by atoms with Gasteiger partial charge in [-0.2, -0.15) is 4.68 Å². The highest BCUT2D eigenvalue weighted by Crippen LogP contribution is 2.31. The lowest BCUT2D eigenvalue weighted by Crippen LogP contribution is -2.50. The zero-order valence-electron chi connectivity index (χ0n) is 23.5. The van der Waals surface area contributed by atoms with Crippen LogP contribution in [0.15, 0.2) is 53.3 Å². The Morgan fingerprint density at radius 1 is 1.13 bits per heavy atom. The van der Waals surface area contributed by atoms with Crippen molar-refractivity contribution in [3.8, 4) is 22.8 Å². The van der Waals surface area contributed by atoms with Crippen molar-refractivity contribution in [2.75, 3.05) is 20.3 Å². The van der Waals surface area contributed by atoms with Gasteiger partial charge < -0.3 is 14.8 Å². The van der Waals surface area contributed by atoms with Gasteiger partial charge in [0, 0.05) is 29.2 Å². The molecule has 2 saturated heterocycles. The number of hydrogen-bond acceptors (Lipinski definition) is 6. The molecule has 2 aliphatic rings. The summed E-state index contributed by atoms with van der Waals surface area (Å²) in [4.78, 5) is 29.0. The summed E-state index contributed by atoms with van der Waals surface area (Å²) < 4.78 is 13.9. The molecule has 1 aromatic heterocycles. The van der Waals surface area contributed by atoms with E-state index >= 15 is 0 Å². The van der Waals surface area contributed by atoms with Gasteiger partial charge in [0.2, 0.25) is 5.91 Å². The third kappa shape index (κ3) is 5.94. The molecule has 5 rings (SSSR count). The van der Waals surface area contributed by atoms with Crippen LogP contribution in [-0.4, -0.2) is 69.1 Å². The van der Waals surface area contributed by atoms with Crippen molar-refractivity contribution in [1.82, 2.24) is 24.6 Å². The molecule has 0 radical (unpaired) electrons. The Labute approximate surface area is 229 Å². The molecule has 3 heterocycles. The van der Waals surface area contributed by atoms with Crippen molar-refractivity contribution in [3.05, 3.63) is 64.6 Å². The van der Waals surface area contributed by atoms with E-state index in [-0.39, 0.29) is 18.1 Å². The van der Waals surface area contributed by atoms with E-state index in [1.165, 1.54) is 27.7 Å². The molecule has 0 spiro atoms. The summed E-state index contributed by atoms with van der Waals surface area (Å²) in [6.07, 6.45) is 3.35. The van der Waals surface area contributed by atoms with Crippen molar-refractivity contribution in [3.63, 3.8) is 0 Å². The summed E-state index contributed by atoms with van der Waals surface area (Å²) in [6, 6.07) is 16.8. The number of aromatic nitrogens is 3. The van der Waals surface area contributed by atoms with E-state index in [4.69, 9.17) is 9.47 Å². The van der Waals surface area contributed by atoms with E-state index in [2.05, 4.69) is 34.4 Å². The highest BCUT2D eigenvalue weighted by molar-refractivity contribution is 5.77. The summed E-state index contributed by atoms with van der Waals surface area (Å²) in [5, 5.41) is 7.61. The van der Waals surface area contributed by atoms with Crippen molar-refractivity contribution < 1.29 is 14.3 Å². The highest BCUT2D eigenvalue weighted by Gasteiger charge is 2.39. The van der Waals surface area contributed by atoms with Gasteiger partial charge in [-0.15, -0.1) is 5.10 Å². The summed E-state index contributed by atoms with van der Waals surface area (Å²) in [5.41, 5.74) is 1.77. The normalized spacial score (nSPS) is 20.1. The monoisotopic (exact) mass is 533 g/mol. The number of rotatable bonds is 8. The molecule has 3 unspecified atom stereocenters. The van der Waals surface area contributed by atoms with Gasteiger partial charge >= 0.3 is 5.69 Å². The number of carbonyl (C=O) groups is 1. The van der Waals surface area contributed by atoms with Crippen molar-refractivity contribution in [1.29, 1.82) is 0 Å². The van der Waals surface area contributed by atoms with Gasteiger partial charge in [-0.25, -0.2) is 4.79 Å². The lowest BCUT2D eigenvalue weighted by molar-refractivity contribution is -0.123. The summed E-state index contributed by atoms with van der Waals surface area (Å²) in [5.74, 6) is 0.797. The highest BCUT2D eigenvalue weighted by atomic mass is 16.5. The van der Waals surface area contributed by atoms with E-state index in [1.54, 1.807) is 7.11 Å². The van der Waals surface area contributed by atoms with Crippen LogP contribution in [-0.2, 0) is 22.5 Å². The number of nitrogens with zero attached hydrogens (tertiary/aromatic N) is 4. The van der Waals surface area contributed by atoms with Crippen LogP contribution in [0.4, 0.5) is 0 Å². The van der Waals surface area contributed by atoms with Crippen LogP contribution in [0.2, 0.25) is 0 Å². The predicted molar refractivity (Wildman–Crippen MR) is 150 cm³/mol. The topological polar surface area (TPSA) is 90.6 Å². The largest absolute Gasteiger partial charge is 0.497 e. The minimum absolute atomic E-state index is 0.139. The first-order valence-corrected chi connectivity index (χ1v) is 13.7. The minimum Gasteiger partial charge on any atom is -0.497 e. The fourth-order valence-corrected chi connectivity index (χ4v) is 5.88. The Morgan fingerprint density at radius 2 is 1.82 bits per heavy atom. The van der Waals surface area contributed by atoms with Crippen LogP contribution in [0.1, 0.15) is 46.1 Å². The molecule has 1 amide bonds. The second-order valence-corrected chi connectivity index (χ2v) is 11.7. The zero-order chi connectivity index (χ0) is 27.7. The Morgan fingerprint density at radius 3 is 2.46 bits per heavy atom. The number of hydrogen-bond donors (Lipinski definition) is 1. The number of ether oxygens (including phenoxy) is 2. The molecule has 0 aliphatic carbocycles. The van der Waals surface area contributed by atoms with Gasteiger partial charge in [0.1, 0.15) is 12.3 Å². The first-order valence-electron chi connectivity index (χ1n) is 13.7. The maximum Gasteiger partial charge on any atom is 0.351 e. The minimum atomic E-state index is -0.416. The fourth-order valence-electron chi connectivity index (χ4n) is 5.88. The van der Waals surface area contributed by atoms with Crippen LogP contribution in [0.5, 0.6) is 5.75 Å². The molecule has 2 fully saturated rings. The van der Waals surface area contributed by atoms with Crippen LogP contribution >= 0.6 is 0 Å². The van der Waals surface area contributed by atoms with Crippen LogP contribution in [0, 0.1) is 0 Å². The number of morpholine rings is 1. The molecule has 2 aromatic carbocycles. The van der Waals surface area contributed by atoms with Crippen molar-refractivity contribution in [2.45, 2.75) is 77.2 Å². The van der Waals surface area contributed by atoms with Crippen molar-refractivity contribution >= 4 is 5.91 Å². The molecule has 3 atom stereocenters. The van der Waals surface area contributed by atoms with Gasteiger partial charge in [0.15, 0.2) is 5.82 Å². The smallest absolute Gasteiger partial charge is 0.351 e. The van der Waals surface area contributed by atoms with E-state index in [1.807, 2.05) is 57.2 Å². The van der Waals surface area contributed by atoms with E-state index in [9.17, 15) is 9.59 Å². The number of carbonyl (C=O) groups excluding carboxylic acids is 1. The molecule has 3 aromatic rings. The molecule has 39 heavy (non-hydrogen) atoms. The molecule has 2 bridgehead atoms. The van der Waals surface area contributed by atoms with E-state index in [0.717, 1.165) is 19.6 Å². The van der Waals surface area contributed by atoms with Gasteiger partial charge in [0.25, 0.3) is 0 Å². The SMILES string of the molecule is COc1cccc(-c2nn(-c3ccc(CC(C)N4C5CCC4COC5)cc3)c(=O)n2CC(=O)NC(C)(C)C)c1. The molecular weight excluding hydrogens is 494 g/mol. The standard InChI is InChI=1S/C30H39N5O4/c1-20(34-24-13-14-25(34)19-39-18-24)15-21-9-11-23(12-10-21)35-29(37)33(17-27(36)31-30(2,3)4)28(32-35)22-7-6-8-26(16-22)38-5/h6-12,16,20,24-25H,13-15,17-19H2,1-5H3,(H,31,36). The first kappa shape index (κ1) is 27.1. The molecular formula is C30H39N5O4. The lowest BCUT2D eigenvalue weighted by atomic mass is 10.0. The quantitative estimate of drug-likeness (QED) is 0.477. The summed E-state index contributed by atoms with van der Waals surface area (Å²) >= 11 is 0. The van der Waals surface area contributed by atoms with Crippen LogP contribution in [0.25, 0.3) is 17.1 Å². The fraction of sp³-hybridized carbons (Fsp3) is 0.500. The molecule has 208 valence electrons. The molecule has 2 aliphatic heterocycles. The number of fused-ring (bicyclic) bond motifs is 2. The molecule has 9 nitrogen and oxygen atoms in total. The Bertz CT molecular complexity index is 1360. The average molecular weight is 534 g/mol. The number of nitrogens with one attached hydrogen (secondary N) is 1. The van der Waals surface area contributed by atoms with Crippen molar-refractivity contribution in [2.24, 2.45) is 0 Å². The van der Waals surface area contributed by atoms with Crippen LogP contribution < -0.4 is 15.7 Å². The third-order valence-corrected chi connectivity index (χ3v) is 7.52. The number of methoxy groups -OCH3 is 1. The third-order valence-electron chi connectivity index (χ3n) is 7.52. The zero-order valence-corrected chi connectivity index (χ0v) is 23.5. The Hall–Kier alpha value is -3.43. The maximum absolute atomic E-state index is 13.6. The number of benzene rings is 2. The summed E-state index contributed by atoms with van der Waals surface area (Å²) in [7, 11) is 1.59. The van der Waals surface area contributed by atoms with Crippen LogP contribution in [0.3, 0.4) is 0 Å². The molecule has 9 heteroatoms. The summed E-state index contributed by atoms with van der Waals surface area (Å²) in [6.45, 7) is 9.54. The molecule has 0 saturated carbocycles. The Balaban J connectivity index is 1.42. The predicted octanol–water partition coefficient (Wildman–Crippen LogP) is 3.42. The maximum atomic E-state index is 13.6. The first-order chi connectivity index (χ1) is 18.6. The van der Waals surface area contributed by atoms with Gasteiger partial charge in [-0.3, -0.25) is 14.3 Å². The molecule has 1 N–H and O–H groups in total. The average Bonchev–Trinajstić information content (AvgIpc) is 3.35. The Kier molecular flexibility index (Phi) is 7.64. The van der Waals surface area contributed by atoms with Gasteiger partial charge in [-0.1, -0.05) is 24.3 Å². The van der Waals surface area contributed by atoms with Gasteiger partial charge in [-0.05, 0) is 76.8 Å². The van der Waals surface area contributed by atoms with E-state index < -0.39 is 5.54 Å². The van der Waals surface area contributed by atoms with Gasteiger partial charge in [0.05, 0.1) is 26.0 Å². The lowest BCUT2D eigenvalue weighted by Gasteiger charge is -2.39.